The molecular formula is C38H31N5O4S. The zero-order valence-corrected chi connectivity index (χ0v) is 27.3. The first-order chi connectivity index (χ1) is 23.2. The van der Waals surface area contributed by atoms with Crippen molar-refractivity contribution in [2.24, 2.45) is 4.99 Å². The van der Waals surface area contributed by atoms with E-state index in [4.69, 9.17) is 4.99 Å². The van der Waals surface area contributed by atoms with Crippen molar-refractivity contribution in [1.29, 1.82) is 0 Å². The maximum absolute atomic E-state index is 14.4. The highest BCUT2D eigenvalue weighted by atomic mass is 32.1. The van der Waals surface area contributed by atoms with E-state index in [1.165, 1.54) is 23.5 Å². The minimum absolute atomic E-state index is 0.0452. The number of nitro groups is 1. The van der Waals surface area contributed by atoms with Crippen LogP contribution < -0.4 is 20.2 Å². The van der Waals surface area contributed by atoms with E-state index >= 15 is 0 Å². The van der Waals surface area contributed by atoms with Crippen LogP contribution in [0, 0.1) is 24.0 Å². The van der Waals surface area contributed by atoms with E-state index in [9.17, 15) is 19.7 Å². The number of carbonyl (C=O) groups is 1. The maximum Gasteiger partial charge on any atom is 0.271 e. The fourth-order valence-corrected chi connectivity index (χ4v) is 7.30. The van der Waals surface area contributed by atoms with Gasteiger partial charge in [-0.05, 0) is 56.2 Å². The number of fused-ring (bicyclic) bond motifs is 2. The van der Waals surface area contributed by atoms with Crippen LogP contribution in [0.15, 0.2) is 124 Å². The molecule has 1 aliphatic rings. The molecule has 4 aromatic carbocycles. The number of aryl methyl sites for hydroxylation is 1. The summed E-state index contributed by atoms with van der Waals surface area (Å²) in [6.45, 7) is 6.33. The number of hydrogen-bond donors (Lipinski definition) is 1. The standard InChI is InChI=1S/C38H31N5O4S/c1-23-13-17-27(18-14-23)35-34(36(44)40-28-9-5-4-6-10-28)24(2)39-38-42(35)37(45)33(48-38)21-31-25(3)41(32-12-8-7-11-30(31)32)22-26-15-19-29(20-16-26)43(46)47/h4-21,35H,22H2,1-3H3,(H,40,44)/b33-21-/t35-/m1/s1. The van der Waals surface area contributed by atoms with E-state index in [1.54, 1.807) is 16.7 Å². The summed E-state index contributed by atoms with van der Waals surface area (Å²) in [5.74, 6) is -0.313. The number of nitro benzene ring substituents is 1. The summed E-state index contributed by atoms with van der Waals surface area (Å²) < 4.78 is 4.30. The molecular weight excluding hydrogens is 623 g/mol. The van der Waals surface area contributed by atoms with Gasteiger partial charge in [-0.1, -0.05) is 89.7 Å². The second-order valence-electron chi connectivity index (χ2n) is 11.8. The third-order valence-electron chi connectivity index (χ3n) is 8.73. The molecule has 7 rings (SSSR count). The number of anilines is 1. The summed E-state index contributed by atoms with van der Waals surface area (Å²) in [6, 6.07) is 31.0. The summed E-state index contributed by atoms with van der Waals surface area (Å²) in [4.78, 5) is 44.4. The van der Waals surface area contributed by atoms with Crippen molar-refractivity contribution in [3.05, 3.63) is 172 Å². The van der Waals surface area contributed by atoms with Gasteiger partial charge in [0.05, 0.1) is 26.8 Å². The Hall–Kier alpha value is -5.87. The quantitative estimate of drug-likeness (QED) is 0.159. The predicted octanol–water partition coefficient (Wildman–Crippen LogP) is 6.40. The summed E-state index contributed by atoms with van der Waals surface area (Å²) in [5.41, 5.74) is 7.10. The molecule has 0 spiro atoms. The molecule has 0 aliphatic carbocycles. The molecule has 0 bridgehead atoms. The Balaban J connectivity index is 1.36. The highest BCUT2D eigenvalue weighted by molar-refractivity contribution is 7.07. The normalized spacial score (nSPS) is 14.6. The monoisotopic (exact) mass is 653 g/mol. The number of thiazole rings is 1. The number of rotatable bonds is 7. The molecule has 1 aliphatic heterocycles. The van der Waals surface area contributed by atoms with Gasteiger partial charge in [0, 0.05) is 46.5 Å². The zero-order valence-electron chi connectivity index (χ0n) is 26.5. The van der Waals surface area contributed by atoms with Crippen LogP contribution in [-0.4, -0.2) is 20.0 Å². The Bertz CT molecular complexity index is 2440. The Morgan fingerprint density at radius 1 is 0.938 bits per heavy atom. The van der Waals surface area contributed by atoms with Crippen LogP contribution in [0.2, 0.25) is 0 Å². The Labute approximate surface area is 279 Å². The van der Waals surface area contributed by atoms with Crippen molar-refractivity contribution < 1.29 is 9.72 Å². The number of para-hydroxylation sites is 2. The minimum Gasteiger partial charge on any atom is -0.340 e. The van der Waals surface area contributed by atoms with Crippen molar-refractivity contribution in [2.45, 2.75) is 33.4 Å². The van der Waals surface area contributed by atoms with E-state index in [-0.39, 0.29) is 17.2 Å². The smallest absolute Gasteiger partial charge is 0.271 e. The lowest BCUT2D eigenvalue weighted by molar-refractivity contribution is -0.384. The molecule has 238 valence electrons. The number of amides is 1. The average molecular weight is 654 g/mol. The largest absolute Gasteiger partial charge is 0.340 e. The van der Waals surface area contributed by atoms with Crippen molar-refractivity contribution in [2.75, 3.05) is 5.32 Å². The van der Waals surface area contributed by atoms with Gasteiger partial charge in [0.1, 0.15) is 0 Å². The molecule has 48 heavy (non-hydrogen) atoms. The Kier molecular flexibility index (Phi) is 7.94. The molecule has 0 saturated heterocycles. The first-order valence-electron chi connectivity index (χ1n) is 15.5. The summed E-state index contributed by atoms with van der Waals surface area (Å²) in [5, 5.41) is 15.2. The van der Waals surface area contributed by atoms with Gasteiger partial charge >= 0.3 is 0 Å². The SMILES string of the molecule is CC1=C(C(=O)Nc2ccccc2)[C@@H](c2ccc(C)cc2)n2c(s/c(=C\c3c(C)n(Cc4ccc([N+](=O)[O-])cc4)c4ccccc34)c2=O)=N1. The first-order valence-corrected chi connectivity index (χ1v) is 16.3. The number of hydrogen-bond acceptors (Lipinski definition) is 6. The van der Waals surface area contributed by atoms with E-state index in [1.807, 2.05) is 106 Å². The molecule has 10 heteroatoms. The average Bonchev–Trinajstić information content (AvgIpc) is 3.53. The molecule has 0 radical (unpaired) electrons. The zero-order chi connectivity index (χ0) is 33.5. The molecule has 6 aromatic rings. The lowest BCUT2D eigenvalue weighted by Crippen LogP contribution is -2.40. The minimum atomic E-state index is -0.669. The third-order valence-corrected chi connectivity index (χ3v) is 9.72. The van der Waals surface area contributed by atoms with Gasteiger partial charge in [-0.2, -0.15) is 0 Å². The van der Waals surface area contributed by atoms with Gasteiger partial charge in [-0.25, -0.2) is 4.99 Å². The molecule has 1 amide bonds. The lowest BCUT2D eigenvalue weighted by Gasteiger charge is -2.25. The molecule has 1 atom stereocenters. The van der Waals surface area contributed by atoms with Crippen molar-refractivity contribution in [3.8, 4) is 0 Å². The fraction of sp³-hybridized carbons (Fsp3) is 0.132. The van der Waals surface area contributed by atoms with E-state index in [0.29, 0.717) is 32.8 Å². The Morgan fingerprint density at radius 3 is 2.33 bits per heavy atom. The second kappa shape index (κ2) is 12.4. The van der Waals surface area contributed by atoms with Gasteiger partial charge < -0.3 is 9.88 Å². The summed E-state index contributed by atoms with van der Waals surface area (Å²) >= 11 is 1.30. The van der Waals surface area contributed by atoms with E-state index < -0.39 is 11.0 Å². The second-order valence-corrected chi connectivity index (χ2v) is 12.8. The highest BCUT2D eigenvalue weighted by Crippen LogP contribution is 2.32. The molecule has 2 aromatic heterocycles. The number of carbonyl (C=O) groups excluding carboxylic acids is 1. The van der Waals surface area contributed by atoms with Crippen LogP contribution in [-0.2, 0) is 11.3 Å². The van der Waals surface area contributed by atoms with Crippen LogP contribution in [0.1, 0.15) is 40.9 Å². The van der Waals surface area contributed by atoms with Crippen molar-refractivity contribution >= 4 is 45.6 Å². The lowest BCUT2D eigenvalue weighted by atomic mass is 9.94. The van der Waals surface area contributed by atoms with Gasteiger partial charge in [-0.15, -0.1) is 0 Å². The van der Waals surface area contributed by atoms with Crippen LogP contribution >= 0.6 is 11.3 Å². The molecule has 0 unspecified atom stereocenters. The number of aromatic nitrogens is 2. The van der Waals surface area contributed by atoms with Gasteiger partial charge in [0.2, 0.25) is 0 Å². The number of allylic oxidation sites excluding steroid dienone is 1. The highest BCUT2D eigenvalue weighted by Gasteiger charge is 2.32. The molecule has 9 nitrogen and oxygen atoms in total. The topological polar surface area (TPSA) is 112 Å². The van der Waals surface area contributed by atoms with Crippen molar-refractivity contribution in [3.63, 3.8) is 0 Å². The molecule has 0 fully saturated rings. The third kappa shape index (κ3) is 5.56. The van der Waals surface area contributed by atoms with Crippen LogP contribution in [0.3, 0.4) is 0 Å². The number of non-ortho nitro benzene ring substituents is 1. The summed E-state index contributed by atoms with van der Waals surface area (Å²) in [6.07, 6.45) is 1.92. The predicted molar refractivity (Wildman–Crippen MR) is 189 cm³/mol. The van der Waals surface area contributed by atoms with Gasteiger partial charge in [0.25, 0.3) is 17.2 Å². The van der Waals surface area contributed by atoms with Crippen molar-refractivity contribution in [1.82, 2.24) is 9.13 Å². The number of nitrogens with one attached hydrogen (secondary N) is 1. The summed E-state index contributed by atoms with van der Waals surface area (Å²) in [7, 11) is 0. The molecule has 0 saturated carbocycles. The van der Waals surface area contributed by atoms with Crippen LogP contribution in [0.25, 0.3) is 17.0 Å². The first kappa shape index (κ1) is 30.8. The van der Waals surface area contributed by atoms with Crippen LogP contribution in [0.4, 0.5) is 11.4 Å². The van der Waals surface area contributed by atoms with Gasteiger partial charge in [-0.3, -0.25) is 24.3 Å². The maximum atomic E-state index is 14.4. The van der Waals surface area contributed by atoms with Gasteiger partial charge in [0.15, 0.2) is 4.80 Å². The number of nitrogens with zero attached hydrogens (tertiary/aromatic N) is 4. The fourth-order valence-electron chi connectivity index (χ4n) is 6.28. The van der Waals surface area contributed by atoms with E-state index in [2.05, 4.69) is 9.88 Å². The molecule has 3 heterocycles. The Morgan fingerprint density at radius 2 is 1.62 bits per heavy atom. The van der Waals surface area contributed by atoms with Crippen LogP contribution in [0.5, 0.6) is 0 Å². The molecule has 1 N–H and O–H groups in total. The van der Waals surface area contributed by atoms with E-state index in [0.717, 1.165) is 38.9 Å². The number of benzene rings is 4.